The van der Waals surface area contributed by atoms with Crippen LogP contribution in [0.15, 0.2) is 0 Å². The summed E-state index contributed by atoms with van der Waals surface area (Å²) in [6.07, 6.45) is 0. The molecule has 0 spiro atoms. The van der Waals surface area contributed by atoms with E-state index in [-0.39, 0.29) is 12.5 Å². The minimum Gasteiger partial charge on any atom is -0.378 e. The maximum absolute atomic E-state index is 11.0. The summed E-state index contributed by atoms with van der Waals surface area (Å²) >= 11 is 0. The van der Waals surface area contributed by atoms with E-state index in [0.717, 1.165) is 0 Å². The molecule has 0 aromatic heterocycles. The molecule has 0 unspecified atom stereocenters. The molecule has 4 N–H and O–H groups in total. The Balaban J connectivity index is 3.01. The van der Waals surface area contributed by atoms with Crippen LogP contribution >= 0.6 is 0 Å². The first kappa shape index (κ1) is 18.2. The van der Waals surface area contributed by atoms with Crippen molar-refractivity contribution in [1.29, 1.82) is 0 Å². The average Bonchev–Trinajstić information content (AvgIpc) is 2.40. The molecule has 0 aliphatic heterocycles. The van der Waals surface area contributed by atoms with Crippen molar-refractivity contribution >= 4 is 5.91 Å². The molecule has 8 nitrogen and oxygen atoms in total. The molecule has 0 atom stereocenters. The molecule has 0 aromatic rings. The van der Waals surface area contributed by atoms with Gasteiger partial charge in [0.15, 0.2) is 0 Å². The molecule has 0 aromatic carbocycles. The SMILES string of the molecule is COCC(=O)NCCOCCOCCOCCNN. The third-order valence-corrected chi connectivity index (χ3v) is 1.98. The van der Waals surface area contributed by atoms with Crippen molar-refractivity contribution in [3.8, 4) is 0 Å². The zero-order chi connectivity index (χ0) is 14.2. The summed E-state index contributed by atoms with van der Waals surface area (Å²) in [6.45, 7) is 4.25. The van der Waals surface area contributed by atoms with E-state index in [4.69, 9.17) is 20.1 Å². The lowest BCUT2D eigenvalue weighted by Crippen LogP contribution is -2.30. The number of amides is 1. The normalized spacial score (nSPS) is 10.6. The van der Waals surface area contributed by atoms with E-state index >= 15 is 0 Å². The molecule has 0 bridgehead atoms. The summed E-state index contributed by atoms with van der Waals surface area (Å²) in [5.74, 6) is 4.93. The number of carbonyl (C=O) groups is 1. The number of hydrazine groups is 1. The third kappa shape index (κ3) is 15.2. The summed E-state index contributed by atoms with van der Waals surface area (Å²) in [5, 5.41) is 2.65. The van der Waals surface area contributed by atoms with E-state index in [1.165, 1.54) is 7.11 Å². The maximum atomic E-state index is 11.0. The second-order valence-electron chi connectivity index (χ2n) is 3.57. The van der Waals surface area contributed by atoms with Crippen LogP contribution in [0.5, 0.6) is 0 Å². The van der Waals surface area contributed by atoms with Gasteiger partial charge >= 0.3 is 0 Å². The van der Waals surface area contributed by atoms with Crippen LogP contribution in [-0.4, -0.2) is 72.4 Å². The molecule has 0 aliphatic rings. The van der Waals surface area contributed by atoms with Crippen molar-refractivity contribution in [3.05, 3.63) is 0 Å². The largest absolute Gasteiger partial charge is 0.378 e. The number of ether oxygens (including phenoxy) is 4. The van der Waals surface area contributed by atoms with Crippen LogP contribution in [-0.2, 0) is 23.7 Å². The molecular weight excluding hydrogens is 254 g/mol. The number of hydrogen-bond acceptors (Lipinski definition) is 7. The first-order valence-corrected chi connectivity index (χ1v) is 6.23. The van der Waals surface area contributed by atoms with Crippen LogP contribution in [0.1, 0.15) is 0 Å². The van der Waals surface area contributed by atoms with Gasteiger partial charge in [0.25, 0.3) is 0 Å². The predicted molar refractivity (Wildman–Crippen MR) is 69.5 cm³/mol. The van der Waals surface area contributed by atoms with Gasteiger partial charge in [0, 0.05) is 20.2 Å². The third-order valence-electron chi connectivity index (χ3n) is 1.98. The number of methoxy groups -OCH3 is 1. The Hall–Kier alpha value is -0.770. The van der Waals surface area contributed by atoms with Gasteiger partial charge in [-0.15, -0.1) is 0 Å². The lowest BCUT2D eigenvalue weighted by atomic mass is 10.6. The lowest BCUT2D eigenvalue weighted by Gasteiger charge is -2.07. The van der Waals surface area contributed by atoms with E-state index in [1.807, 2.05) is 0 Å². The maximum Gasteiger partial charge on any atom is 0.246 e. The molecule has 0 aliphatic carbocycles. The topological polar surface area (TPSA) is 104 Å². The standard InChI is InChI=1S/C11H25N3O5/c1-16-10-11(15)13-2-4-17-6-8-19-9-7-18-5-3-14-12/h14H,2-10,12H2,1H3,(H,13,15). The van der Waals surface area contributed by atoms with Crippen molar-refractivity contribution in [2.75, 3.05) is 66.4 Å². The van der Waals surface area contributed by atoms with Crippen molar-refractivity contribution in [2.45, 2.75) is 0 Å². The molecule has 0 saturated heterocycles. The quantitative estimate of drug-likeness (QED) is 0.197. The number of hydrogen-bond donors (Lipinski definition) is 3. The van der Waals surface area contributed by atoms with Gasteiger partial charge in [0.1, 0.15) is 6.61 Å². The van der Waals surface area contributed by atoms with Gasteiger partial charge in [-0.2, -0.15) is 0 Å². The van der Waals surface area contributed by atoms with E-state index in [2.05, 4.69) is 15.5 Å². The first-order valence-electron chi connectivity index (χ1n) is 6.23. The fraction of sp³-hybridized carbons (Fsp3) is 0.909. The predicted octanol–water partition coefficient (Wildman–Crippen LogP) is -1.74. The summed E-state index contributed by atoms with van der Waals surface area (Å²) in [5.41, 5.74) is 2.49. The summed E-state index contributed by atoms with van der Waals surface area (Å²) in [7, 11) is 1.48. The fourth-order valence-electron chi connectivity index (χ4n) is 1.12. The van der Waals surface area contributed by atoms with Crippen molar-refractivity contribution in [2.24, 2.45) is 5.84 Å². The van der Waals surface area contributed by atoms with Crippen molar-refractivity contribution in [1.82, 2.24) is 10.7 Å². The van der Waals surface area contributed by atoms with Crippen molar-refractivity contribution in [3.63, 3.8) is 0 Å². The number of rotatable bonds is 14. The van der Waals surface area contributed by atoms with E-state index in [1.54, 1.807) is 0 Å². The van der Waals surface area contributed by atoms with Crippen LogP contribution in [0, 0.1) is 0 Å². The molecule has 0 saturated carbocycles. The van der Waals surface area contributed by atoms with Crippen LogP contribution in [0.4, 0.5) is 0 Å². The molecule has 0 radical (unpaired) electrons. The van der Waals surface area contributed by atoms with Gasteiger partial charge < -0.3 is 24.3 Å². The number of carbonyl (C=O) groups excluding carboxylic acids is 1. The fourth-order valence-corrected chi connectivity index (χ4v) is 1.12. The highest BCUT2D eigenvalue weighted by atomic mass is 16.5. The Morgan fingerprint density at radius 2 is 1.47 bits per heavy atom. The van der Waals surface area contributed by atoms with E-state index in [9.17, 15) is 4.79 Å². The first-order chi connectivity index (χ1) is 9.31. The van der Waals surface area contributed by atoms with Crippen molar-refractivity contribution < 1.29 is 23.7 Å². The zero-order valence-electron chi connectivity index (χ0n) is 11.5. The van der Waals surface area contributed by atoms with Crippen LogP contribution in [0.25, 0.3) is 0 Å². The van der Waals surface area contributed by atoms with E-state index in [0.29, 0.717) is 52.7 Å². The summed E-state index contributed by atoms with van der Waals surface area (Å²) in [4.78, 5) is 11.0. The lowest BCUT2D eigenvalue weighted by molar-refractivity contribution is -0.125. The molecule has 114 valence electrons. The second kappa shape index (κ2) is 15.3. The molecule has 19 heavy (non-hydrogen) atoms. The number of nitrogens with one attached hydrogen (secondary N) is 2. The average molecular weight is 279 g/mol. The Kier molecular flexibility index (Phi) is 14.7. The van der Waals surface area contributed by atoms with Gasteiger partial charge in [0.05, 0.1) is 39.6 Å². The Labute approximate surface area is 113 Å². The minimum absolute atomic E-state index is 0.0722. The second-order valence-corrected chi connectivity index (χ2v) is 3.57. The summed E-state index contributed by atoms with van der Waals surface area (Å²) < 4.78 is 20.4. The summed E-state index contributed by atoms with van der Waals surface area (Å²) in [6, 6.07) is 0. The molecule has 0 fully saturated rings. The number of nitrogens with two attached hydrogens (primary N) is 1. The minimum atomic E-state index is -0.147. The molecule has 1 amide bonds. The highest BCUT2D eigenvalue weighted by Gasteiger charge is 1.97. The molecule has 8 heteroatoms. The van der Waals surface area contributed by atoms with Crippen LogP contribution in [0.2, 0.25) is 0 Å². The van der Waals surface area contributed by atoms with E-state index < -0.39 is 0 Å². The van der Waals surface area contributed by atoms with Gasteiger partial charge in [-0.25, -0.2) is 0 Å². The van der Waals surface area contributed by atoms with Gasteiger partial charge in [-0.05, 0) is 0 Å². The Bertz CT molecular complexity index is 207. The highest BCUT2D eigenvalue weighted by molar-refractivity contribution is 5.77. The Morgan fingerprint density at radius 3 is 2.00 bits per heavy atom. The molecule has 0 heterocycles. The molecule has 0 rings (SSSR count). The van der Waals surface area contributed by atoms with Gasteiger partial charge in [-0.1, -0.05) is 0 Å². The van der Waals surface area contributed by atoms with Gasteiger partial charge in [-0.3, -0.25) is 16.1 Å². The molecular formula is C11H25N3O5. The smallest absolute Gasteiger partial charge is 0.246 e. The van der Waals surface area contributed by atoms with Gasteiger partial charge in [0.2, 0.25) is 5.91 Å². The van der Waals surface area contributed by atoms with Crippen LogP contribution < -0.4 is 16.6 Å². The Morgan fingerprint density at radius 1 is 0.947 bits per heavy atom. The monoisotopic (exact) mass is 279 g/mol. The zero-order valence-corrected chi connectivity index (χ0v) is 11.5. The van der Waals surface area contributed by atoms with Crippen LogP contribution in [0.3, 0.4) is 0 Å². The highest BCUT2D eigenvalue weighted by Crippen LogP contribution is 1.81.